The third kappa shape index (κ3) is 9.35. The molecule has 0 aromatic heterocycles. The van der Waals surface area contributed by atoms with Gasteiger partial charge < -0.3 is 25.2 Å². The number of carbonyl (C=O) groups is 2. The van der Waals surface area contributed by atoms with Crippen LogP contribution < -0.4 is 15.4 Å². The van der Waals surface area contributed by atoms with Gasteiger partial charge in [0.05, 0.1) is 13.2 Å². The van der Waals surface area contributed by atoms with Gasteiger partial charge in [-0.05, 0) is 86.5 Å². The first-order chi connectivity index (χ1) is 19.9. The lowest BCUT2D eigenvalue weighted by molar-refractivity contribution is -0.119. The smallest absolute Gasteiger partial charge is 0.319 e. The van der Waals surface area contributed by atoms with Crippen LogP contribution in [0.5, 0.6) is 5.75 Å². The molecule has 1 fully saturated rings. The number of nitrogens with one attached hydrogen (secondary N) is 2. The van der Waals surface area contributed by atoms with E-state index in [1.54, 1.807) is 7.11 Å². The molecule has 0 aliphatic carbocycles. The number of aryl methyl sites for hydroxylation is 1. The van der Waals surface area contributed by atoms with E-state index in [4.69, 9.17) is 4.74 Å². The fraction of sp³-hybridized carbons (Fsp3) is 0.412. The van der Waals surface area contributed by atoms with Crippen LogP contribution in [0.15, 0.2) is 78.9 Å². The Bertz CT molecular complexity index is 1220. The number of carbonyl (C=O) groups excluding carboxylic acids is 2. The third-order valence-corrected chi connectivity index (χ3v) is 8.31. The first-order valence-electron chi connectivity index (χ1n) is 14.6. The van der Waals surface area contributed by atoms with Gasteiger partial charge in [0, 0.05) is 25.3 Å². The molecule has 1 aliphatic heterocycles. The van der Waals surface area contributed by atoms with E-state index in [9.17, 15) is 9.59 Å². The summed E-state index contributed by atoms with van der Waals surface area (Å²) in [7, 11) is 1.62. The molecule has 1 atom stereocenters. The van der Waals surface area contributed by atoms with Crippen molar-refractivity contribution in [2.75, 3.05) is 38.6 Å². The van der Waals surface area contributed by atoms with Crippen LogP contribution in [0, 0.1) is 12.3 Å². The second-order valence-corrected chi connectivity index (χ2v) is 11.5. The monoisotopic (exact) mass is 556 g/mol. The van der Waals surface area contributed by atoms with Gasteiger partial charge in [0.2, 0.25) is 6.41 Å². The molecule has 2 N–H and O–H groups in total. The Labute approximate surface area is 244 Å². The van der Waals surface area contributed by atoms with Crippen molar-refractivity contribution in [1.29, 1.82) is 0 Å². The molecule has 0 saturated carbocycles. The number of likely N-dealkylation sites (tertiary alicyclic amines) is 1. The van der Waals surface area contributed by atoms with Gasteiger partial charge in [-0.1, -0.05) is 67.1 Å². The van der Waals surface area contributed by atoms with Crippen LogP contribution in [-0.2, 0) is 11.3 Å². The van der Waals surface area contributed by atoms with Gasteiger partial charge >= 0.3 is 6.03 Å². The second kappa shape index (κ2) is 14.7. The average Bonchev–Trinajstić information content (AvgIpc) is 3.00. The molecule has 41 heavy (non-hydrogen) atoms. The van der Waals surface area contributed by atoms with E-state index in [-0.39, 0.29) is 17.5 Å². The number of anilines is 1. The largest absolute Gasteiger partial charge is 0.497 e. The zero-order valence-electron chi connectivity index (χ0n) is 24.6. The van der Waals surface area contributed by atoms with Crippen molar-refractivity contribution in [2.45, 2.75) is 52.1 Å². The lowest BCUT2D eigenvalue weighted by atomic mass is 9.77. The van der Waals surface area contributed by atoms with E-state index < -0.39 is 0 Å². The molecule has 1 heterocycles. The Balaban J connectivity index is 1.25. The summed E-state index contributed by atoms with van der Waals surface area (Å²) in [6.45, 7) is 8.82. The summed E-state index contributed by atoms with van der Waals surface area (Å²) in [5, 5.41) is 6.12. The molecule has 3 aromatic rings. The molecule has 3 aromatic carbocycles. The summed E-state index contributed by atoms with van der Waals surface area (Å²) >= 11 is 0. The summed E-state index contributed by atoms with van der Waals surface area (Å²) in [6.07, 6.45) is 5.02. The summed E-state index contributed by atoms with van der Waals surface area (Å²) in [4.78, 5) is 29.0. The van der Waals surface area contributed by atoms with Gasteiger partial charge in [0.25, 0.3) is 0 Å². The summed E-state index contributed by atoms with van der Waals surface area (Å²) in [6, 6.07) is 25.6. The third-order valence-electron chi connectivity index (χ3n) is 8.31. The molecule has 0 radical (unpaired) electrons. The quantitative estimate of drug-likeness (QED) is 0.239. The number of methoxy groups -OCH3 is 1. The molecule has 3 amide bonds. The van der Waals surface area contributed by atoms with Crippen molar-refractivity contribution < 1.29 is 14.3 Å². The minimum Gasteiger partial charge on any atom is -0.497 e. The van der Waals surface area contributed by atoms with E-state index in [1.807, 2.05) is 47.4 Å². The fourth-order valence-electron chi connectivity index (χ4n) is 5.40. The standard InChI is InChI=1S/C34H44N4O3/c1-27-9-11-28(12-10-27)25-38(26-39)24-20-34(2)18-22-37(23-19-34)21-17-32(29-7-5-4-6-8-29)36-33(40)35-30-13-15-31(41-3)16-14-30/h4-16,26,32H,17-25H2,1-3H3,(H2,35,36,40). The summed E-state index contributed by atoms with van der Waals surface area (Å²) in [5.74, 6) is 0.749. The van der Waals surface area contributed by atoms with E-state index >= 15 is 0 Å². The molecular formula is C34H44N4O3. The van der Waals surface area contributed by atoms with E-state index in [0.717, 1.165) is 75.3 Å². The van der Waals surface area contributed by atoms with Gasteiger partial charge in [-0.2, -0.15) is 0 Å². The van der Waals surface area contributed by atoms with Crippen LogP contribution in [0.1, 0.15) is 55.3 Å². The van der Waals surface area contributed by atoms with Crippen LogP contribution >= 0.6 is 0 Å². The van der Waals surface area contributed by atoms with Crippen molar-refractivity contribution in [1.82, 2.24) is 15.1 Å². The molecule has 7 nitrogen and oxygen atoms in total. The Morgan fingerprint density at radius 3 is 2.34 bits per heavy atom. The Hall–Kier alpha value is -3.84. The molecule has 4 rings (SSSR count). The van der Waals surface area contributed by atoms with Crippen LogP contribution in [-0.4, -0.2) is 55.5 Å². The van der Waals surface area contributed by atoms with Gasteiger partial charge in [-0.25, -0.2) is 4.79 Å². The van der Waals surface area contributed by atoms with Gasteiger partial charge in [0.15, 0.2) is 0 Å². The van der Waals surface area contributed by atoms with Crippen molar-refractivity contribution in [3.8, 4) is 5.75 Å². The number of hydrogen-bond acceptors (Lipinski definition) is 4. The maximum Gasteiger partial charge on any atom is 0.319 e. The number of benzene rings is 3. The van der Waals surface area contributed by atoms with Crippen LogP contribution in [0.3, 0.4) is 0 Å². The summed E-state index contributed by atoms with van der Waals surface area (Å²) < 4.78 is 5.20. The average molecular weight is 557 g/mol. The SMILES string of the molecule is COc1ccc(NC(=O)NC(CCN2CCC(C)(CCN(C=O)Cc3ccc(C)cc3)CC2)c2ccccc2)cc1. The highest BCUT2D eigenvalue weighted by atomic mass is 16.5. The van der Waals surface area contributed by atoms with Gasteiger partial charge in [-0.15, -0.1) is 0 Å². The molecule has 0 bridgehead atoms. The number of amides is 3. The van der Waals surface area contributed by atoms with Crippen molar-refractivity contribution in [3.63, 3.8) is 0 Å². The Kier molecular flexibility index (Phi) is 10.8. The predicted octanol–water partition coefficient (Wildman–Crippen LogP) is 6.41. The van der Waals surface area contributed by atoms with E-state index in [2.05, 4.69) is 65.8 Å². The van der Waals surface area contributed by atoms with Crippen molar-refractivity contribution >= 4 is 18.1 Å². The molecule has 7 heteroatoms. The highest BCUT2D eigenvalue weighted by molar-refractivity contribution is 5.89. The minimum absolute atomic E-state index is 0.0920. The van der Waals surface area contributed by atoms with Crippen LogP contribution in [0.25, 0.3) is 0 Å². The number of piperidine rings is 1. The predicted molar refractivity (Wildman–Crippen MR) is 165 cm³/mol. The lowest BCUT2D eigenvalue weighted by Gasteiger charge is -2.40. The van der Waals surface area contributed by atoms with E-state index in [1.165, 1.54) is 11.1 Å². The number of rotatable bonds is 13. The fourth-order valence-corrected chi connectivity index (χ4v) is 5.40. The molecule has 1 saturated heterocycles. The number of urea groups is 1. The van der Waals surface area contributed by atoms with Crippen molar-refractivity contribution in [3.05, 3.63) is 95.6 Å². The second-order valence-electron chi connectivity index (χ2n) is 11.5. The molecular weight excluding hydrogens is 512 g/mol. The van der Waals surface area contributed by atoms with Gasteiger partial charge in [0.1, 0.15) is 5.75 Å². The maximum absolute atomic E-state index is 12.9. The minimum atomic E-state index is -0.222. The molecule has 1 aliphatic rings. The number of nitrogens with zero attached hydrogens (tertiary/aromatic N) is 2. The number of hydrogen-bond donors (Lipinski definition) is 2. The van der Waals surface area contributed by atoms with Crippen LogP contribution in [0.4, 0.5) is 10.5 Å². The Morgan fingerprint density at radius 1 is 1.02 bits per heavy atom. The highest BCUT2D eigenvalue weighted by Crippen LogP contribution is 2.35. The molecule has 0 spiro atoms. The van der Waals surface area contributed by atoms with E-state index in [0.29, 0.717) is 6.54 Å². The molecule has 1 unspecified atom stereocenters. The zero-order valence-corrected chi connectivity index (χ0v) is 24.6. The molecule has 218 valence electrons. The topological polar surface area (TPSA) is 73.9 Å². The normalized spacial score (nSPS) is 15.5. The van der Waals surface area contributed by atoms with Gasteiger partial charge in [-0.3, -0.25) is 4.79 Å². The lowest BCUT2D eigenvalue weighted by Crippen LogP contribution is -2.42. The van der Waals surface area contributed by atoms with Crippen molar-refractivity contribution in [2.24, 2.45) is 5.41 Å². The maximum atomic E-state index is 12.9. The Morgan fingerprint density at radius 2 is 1.71 bits per heavy atom. The first kappa shape index (κ1) is 30.1. The summed E-state index contributed by atoms with van der Waals surface area (Å²) in [5.41, 5.74) is 4.44. The first-order valence-corrected chi connectivity index (χ1v) is 14.6. The zero-order chi connectivity index (χ0) is 29.1. The van der Waals surface area contributed by atoms with Crippen LogP contribution in [0.2, 0.25) is 0 Å². The highest BCUT2D eigenvalue weighted by Gasteiger charge is 2.30. The number of ether oxygens (including phenoxy) is 1.